The number of aromatic nitrogens is 1. The summed E-state index contributed by atoms with van der Waals surface area (Å²) in [5.41, 5.74) is 4.55. The van der Waals surface area contributed by atoms with E-state index < -0.39 is 5.91 Å². The third kappa shape index (κ3) is 1.93. The molecule has 1 aromatic heterocycles. The molecule has 1 amide bonds. The number of nitrogens with zero attached hydrogens (tertiary/aromatic N) is 1. The summed E-state index contributed by atoms with van der Waals surface area (Å²) in [6.07, 6.45) is 0. The van der Waals surface area contributed by atoms with Crippen molar-refractivity contribution >= 4 is 17.2 Å². The van der Waals surface area contributed by atoms with Crippen LogP contribution in [-0.4, -0.2) is 10.9 Å². The minimum absolute atomic E-state index is 0.249. The lowest BCUT2D eigenvalue weighted by atomic mass is 10.1. The Hall–Kier alpha value is -1.79. The van der Waals surface area contributed by atoms with Crippen molar-refractivity contribution in [1.29, 1.82) is 0 Å². The van der Waals surface area contributed by atoms with Gasteiger partial charge in [0.25, 0.3) is 5.91 Å². The van der Waals surface area contributed by atoms with Crippen molar-refractivity contribution in [3.8, 4) is 10.4 Å². The highest BCUT2D eigenvalue weighted by molar-refractivity contribution is 7.13. The zero-order valence-corrected chi connectivity index (χ0v) is 8.92. The lowest BCUT2D eigenvalue weighted by molar-refractivity contribution is 0.0950. The van der Waals surface area contributed by atoms with Gasteiger partial charge in [-0.15, -0.1) is 11.3 Å². The summed E-state index contributed by atoms with van der Waals surface area (Å²) in [5.74, 6) is 4.26. The number of hydrogen-bond acceptors (Lipinski definition) is 4. The highest BCUT2D eigenvalue weighted by atomic mass is 32.1. The molecule has 0 saturated heterocycles. The number of carbonyl (C=O) groups is 1. The molecule has 3 N–H and O–H groups in total. The van der Waals surface area contributed by atoms with E-state index in [9.17, 15) is 9.18 Å². The Labute approximate surface area is 94.9 Å². The van der Waals surface area contributed by atoms with Crippen molar-refractivity contribution in [3.63, 3.8) is 0 Å². The monoisotopic (exact) mass is 237 g/mol. The summed E-state index contributed by atoms with van der Waals surface area (Å²) in [4.78, 5) is 16.0. The van der Waals surface area contributed by atoms with E-state index in [1.807, 2.05) is 5.43 Å². The molecule has 0 radical (unpaired) electrons. The molecule has 6 heteroatoms. The molecular weight excluding hydrogens is 229 g/mol. The molecule has 0 aliphatic heterocycles. The fraction of sp³-hybridized carbons (Fsp3) is 0. The van der Waals surface area contributed by atoms with E-state index in [-0.39, 0.29) is 11.5 Å². The van der Waals surface area contributed by atoms with Crippen LogP contribution >= 0.6 is 11.3 Å². The Kier molecular flexibility index (Phi) is 2.93. The van der Waals surface area contributed by atoms with E-state index in [4.69, 9.17) is 5.84 Å². The number of hydrogen-bond donors (Lipinski definition) is 2. The molecule has 0 unspecified atom stereocenters. The van der Waals surface area contributed by atoms with E-state index >= 15 is 0 Å². The molecule has 0 fully saturated rings. The van der Waals surface area contributed by atoms with Crippen LogP contribution in [-0.2, 0) is 0 Å². The van der Waals surface area contributed by atoms with Crippen LogP contribution in [0.15, 0.2) is 29.8 Å². The zero-order valence-electron chi connectivity index (χ0n) is 8.11. The van der Waals surface area contributed by atoms with Gasteiger partial charge in [-0.3, -0.25) is 10.2 Å². The predicted molar refractivity (Wildman–Crippen MR) is 59.2 cm³/mol. The van der Waals surface area contributed by atoms with Gasteiger partial charge in [0.05, 0.1) is 10.4 Å². The molecule has 0 saturated carbocycles. The maximum absolute atomic E-state index is 12.7. The smallest absolute Gasteiger partial charge is 0.285 e. The summed E-state index contributed by atoms with van der Waals surface area (Å²) in [5, 5.41) is 0. The second-order valence-electron chi connectivity index (χ2n) is 3.01. The standard InChI is InChI=1S/C10H8FN3OS/c11-7-3-1-6(2-4-7)9-8(10(15)14-12)13-5-16-9/h1-5H,12H2,(H,14,15). The first kappa shape index (κ1) is 10.7. The molecule has 0 aliphatic carbocycles. The van der Waals surface area contributed by atoms with Crippen molar-refractivity contribution in [3.05, 3.63) is 41.3 Å². The van der Waals surface area contributed by atoms with Crippen molar-refractivity contribution < 1.29 is 9.18 Å². The molecule has 1 heterocycles. The number of nitrogens with one attached hydrogen (secondary N) is 1. The quantitative estimate of drug-likeness (QED) is 0.473. The minimum atomic E-state index is -0.458. The molecule has 2 aromatic rings. The van der Waals surface area contributed by atoms with Crippen LogP contribution in [0.5, 0.6) is 0 Å². The third-order valence-electron chi connectivity index (χ3n) is 2.02. The number of nitrogen functional groups attached to an aromatic ring is 1. The summed E-state index contributed by atoms with van der Waals surface area (Å²) >= 11 is 1.30. The summed E-state index contributed by atoms with van der Waals surface area (Å²) in [6, 6.07) is 5.85. The summed E-state index contributed by atoms with van der Waals surface area (Å²) in [7, 11) is 0. The van der Waals surface area contributed by atoms with Crippen molar-refractivity contribution in [2.75, 3.05) is 0 Å². The van der Waals surface area contributed by atoms with Crippen LogP contribution < -0.4 is 11.3 Å². The number of benzene rings is 1. The van der Waals surface area contributed by atoms with Gasteiger partial charge in [0.15, 0.2) is 0 Å². The highest BCUT2D eigenvalue weighted by Gasteiger charge is 2.14. The maximum atomic E-state index is 12.7. The van der Waals surface area contributed by atoms with Crippen LogP contribution in [0.25, 0.3) is 10.4 Å². The first-order valence-corrected chi connectivity index (χ1v) is 5.30. The minimum Gasteiger partial charge on any atom is -0.289 e. The number of thiazole rings is 1. The third-order valence-corrected chi connectivity index (χ3v) is 2.90. The molecular formula is C10H8FN3OS. The molecule has 16 heavy (non-hydrogen) atoms. The number of carbonyl (C=O) groups excluding carboxylic acids is 1. The Morgan fingerprint density at radius 3 is 2.69 bits per heavy atom. The molecule has 4 nitrogen and oxygen atoms in total. The Balaban J connectivity index is 2.44. The number of hydrazine groups is 1. The van der Waals surface area contributed by atoms with Gasteiger partial charge in [0.2, 0.25) is 0 Å². The number of rotatable bonds is 2. The fourth-order valence-corrected chi connectivity index (χ4v) is 2.08. The largest absolute Gasteiger partial charge is 0.289 e. The molecule has 0 aliphatic rings. The van der Waals surface area contributed by atoms with Crippen LogP contribution in [0.3, 0.4) is 0 Å². The lowest BCUT2D eigenvalue weighted by Crippen LogP contribution is -2.30. The van der Waals surface area contributed by atoms with E-state index in [0.29, 0.717) is 4.88 Å². The topological polar surface area (TPSA) is 68.0 Å². The molecule has 82 valence electrons. The van der Waals surface area contributed by atoms with Crippen molar-refractivity contribution in [2.24, 2.45) is 5.84 Å². The first-order valence-electron chi connectivity index (χ1n) is 4.42. The van der Waals surface area contributed by atoms with Crippen LogP contribution in [0.4, 0.5) is 4.39 Å². The fourth-order valence-electron chi connectivity index (χ4n) is 1.28. The molecule has 0 spiro atoms. The van der Waals surface area contributed by atoms with Gasteiger partial charge in [-0.1, -0.05) is 12.1 Å². The lowest BCUT2D eigenvalue weighted by Gasteiger charge is -2.01. The van der Waals surface area contributed by atoms with Gasteiger partial charge in [-0.2, -0.15) is 0 Å². The normalized spacial score (nSPS) is 10.1. The SMILES string of the molecule is NNC(=O)c1ncsc1-c1ccc(F)cc1. The van der Waals surface area contributed by atoms with E-state index in [0.717, 1.165) is 5.56 Å². The molecule has 1 aromatic carbocycles. The second kappa shape index (κ2) is 4.38. The Bertz CT molecular complexity index is 509. The van der Waals surface area contributed by atoms with E-state index in [1.165, 1.54) is 23.5 Å². The average molecular weight is 237 g/mol. The number of amides is 1. The van der Waals surface area contributed by atoms with E-state index in [1.54, 1.807) is 17.6 Å². The number of nitrogens with two attached hydrogens (primary N) is 1. The molecule has 0 bridgehead atoms. The van der Waals surface area contributed by atoms with E-state index in [2.05, 4.69) is 4.98 Å². The second-order valence-corrected chi connectivity index (χ2v) is 3.87. The van der Waals surface area contributed by atoms with Crippen molar-refractivity contribution in [1.82, 2.24) is 10.4 Å². The average Bonchev–Trinajstić information content (AvgIpc) is 2.78. The van der Waals surface area contributed by atoms with Crippen LogP contribution in [0, 0.1) is 5.82 Å². The number of halogens is 1. The van der Waals surface area contributed by atoms with Gasteiger partial charge in [-0.25, -0.2) is 15.2 Å². The first-order chi connectivity index (χ1) is 7.72. The van der Waals surface area contributed by atoms with Crippen molar-refractivity contribution in [2.45, 2.75) is 0 Å². The Morgan fingerprint density at radius 1 is 1.38 bits per heavy atom. The molecule has 2 rings (SSSR count). The van der Waals surface area contributed by atoms with Gasteiger partial charge in [0, 0.05) is 0 Å². The van der Waals surface area contributed by atoms with Gasteiger partial charge in [-0.05, 0) is 17.7 Å². The maximum Gasteiger partial charge on any atom is 0.285 e. The van der Waals surface area contributed by atoms with Gasteiger partial charge >= 0.3 is 0 Å². The van der Waals surface area contributed by atoms with Crippen LogP contribution in [0.1, 0.15) is 10.5 Å². The predicted octanol–water partition coefficient (Wildman–Crippen LogP) is 1.55. The summed E-state index contributed by atoms with van der Waals surface area (Å²) in [6.45, 7) is 0. The summed E-state index contributed by atoms with van der Waals surface area (Å²) < 4.78 is 12.7. The zero-order chi connectivity index (χ0) is 11.5. The highest BCUT2D eigenvalue weighted by Crippen LogP contribution is 2.27. The van der Waals surface area contributed by atoms with Crippen LogP contribution in [0.2, 0.25) is 0 Å². The Morgan fingerprint density at radius 2 is 2.06 bits per heavy atom. The van der Waals surface area contributed by atoms with Gasteiger partial charge < -0.3 is 0 Å². The molecule has 0 atom stereocenters. The van der Waals surface area contributed by atoms with Gasteiger partial charge in [0.1, 0.15) is 11.5 Å².